The lowest BCUT2D eigenvalue weighted by Crippen LogP contribution is -2.05. The average Bonchev–Trinajstić information content (AvgIpc) is 2.68. The van der Waals surface area contributed by atoms with Crippen LogP contribution in [0, 0.1) is 6.92 Å². The van der Waals surface area contributed by atoms with Crippen molar-refractivity contribution in [3.05, 3.63) is 52.3 Å². The Bertz CT molecular complexity index is 546. The Morgan fingerprint density at radius 2 is 2.19 bits per heavy atom. The van der Waals surface area contributed by atoms with E-state index in [-0.39, 0.29) is 5.78 Å². The molecule has 3 nitrogen and oxygen atoms in total. The van der Waals surface area contributed by atoms with E-state index in [9.17, 15) is 4.79 Å². The van der Waals surface area contributed by atoms with Crippen LogP contribution in [0.15, 0.2) is 30.5 Å². The summed E-state index contributed by atoms with van der Waals surface area (Å²) in [5.74, 6) is -0.145. The number of hydrogen-bond acceptors (Lipinski definition) is 2. The summed E-state index contributed by atoms with van der Waals surface area (Å²) in [4.78, 5) is 15.0. The Kier molecular flexibility index (Phi) is 2.71. The van der Waals surface area contributed by atoms with Gasteiger partial charge < -0.3 is 10.7 Å². The average molecular weight is 235 g/mol. The first-order valence-electron chi connectivity index (χ1n) is 4.83. The number of aromatic amines is 1. The van der Waals surface area contributed by atoms with Gasteiger partial charge in [0.25, 0.3) is 0 Å². The summed E-state index contributed by atoms with van der Waals surface area (Å²) in [6, 6.07) is 6.82. The van der Waals surface area contributed by atoms with Crippen molar-refractivity contribution in [1.29, 1.82) is 0 Å². The van der Waals surface area contributed by atoms with E-state index in [0.717, 1.165) is 5.56 Å². The van der Waals surface area contributed by atoms with Crippen molar-refractivity contribution in [3.63, 3.8) is 0 Å². The molecule has 1 heterocycles. The van der Waals surface area contributed by atoms with E-state index in [4.69, 9.17) is 17.3 Å². The van der Waals surface area contributed by atoms with Crippen molar-refractivity contribution in [3.8, 4) is 0 Å². The van der Waals surface area contributed by atoms with Gasteiger partial charge in [0.1, 0.15) is 0 Å². The van der Waals surface area contributed by atoms with Crippen LogP contribution >= 0.6 is 11.6 Å². The van der Waals surface area contributed by atoms with Crippen LogP contribution in [0.3, 0.4) is 0 Å². The fraction of sp³-hybridized carbons (Fsp3) is 0.0833. The molecular formula is C12H11ClN2O. The second-order valence-corrected chi connectivity index (χ2v) is 4.03. The van der Waals surface area contributed by atoms with Crippen LogP contribution < -0.4 is 5.73 Å². The summed E-state index contributed by atoms with van der Waals surface area (Å²) in [6.45, 7) is 1.91. The van der Waals surface area contributed by atoms with Gasteiger partial charge in [0.05, 0.1) is 16.4 Å². The molecule has 0 aliphatic rings. The number of aryl methyl sites for hydroxylation is 1. The Morgan fingerprint density at radius 3 is 2.81 bits per heavy atom. The number of rotatable bonds is 2. The Labute approximate surface area is 98.2 Å². The second-order valence-electron chi connectivity index (χ2n) is 3.62. The molecule has 0 bridgehead atoms. The van der Waals surface area contributed by atoms with Crippen LogP contribution in [0.25, 0.3) is 0 Å². The van der Waals surface area contributed by atoms with Crippen LogP contribution in [-0.2, 0) is 0 Å². The van der Waals surface area contributed by atoms with Crippen molar-refractivity contribution in [2.24, 2.45) is 0 Å². The molecule has 3 N–H and O–H groups in total. The standard InChI is InChI=1S/C12H11ClN2O/c1-7-5-10(15-6-7)12(16)8-3-2-4-9(13)11(8)14/h2-6,15H,14H2,1H3. The first-order chi connectivity index (χ1) is 7.59. The minimum atomic E-state index is -0.145. The predicted octanol–water partition coefficient (Wildman–Crippen LogP) is 2.79. The third kappa shape index (κ3) is 1.82. The monoisotopic (exact) mass is 234 g/mol. The van der Waals surface area contributed by atoms with E-state index in [0.29, 0.717) is 22.0 Å². The Balaban J connectivity index is 2.45. The zero-order valence-electron chi connectivity index (χ0n) is 8.75. The van der Waals surface area contributed by atoms with Crippen molar-refractivity contribution < 1.29 is 4.79 Å². The van der Waals surface area contributed by atoms with Gasteiger partial charge in [-0.3, -0.25) is 4.79 Å². The van der Waals surface area contributed by atoms with Crippen molar-refractivity contribution in [2.75, 3.05) is 5.73 Å². The number of halogens is 1. The number of nitrogens with one attached hydrogen (secondary N) is 1. The molecule has 0 aliphatic heterocycles. The third-order valence-corrected chi connectivity index (χ3v) is 2.70. The molecule has 4 heteroatoms. The molecule has 16 heavy (non-hydrogen) atoms. The fourth-order valence-electron chi connectivity index (χ4n) is 1.51. The zero-order chi connectivity index (χ0) is 11.7. The number of H-pyrrole nitrogens is 1. The summed E-state index contributed by atoms with van der Waals surface area (Å²) in [5, 5.41) is 0.397. The smallest absolute Gasteiger partial charge is 0.211 e. The maximum atomic E-state index is 12.1. The van der Waals surface area contributed by atoms with Crippen LogP contribution in [0.2, 0.25) is 5.02 Å². The molecule has 82 valence electrons. The van der Waals surface area contributed by atoms with Gasteiger partial charge in [-0.25, -0.2) is 0 Å². The molecular weight excluding hydrogens is 224 g/mol. The number of benzene rings is 1. The molecule has 0 spiro atoms. The van der Waals surface area contributed by atoms with Crippen LogP contribution in [0.5, 0.6) is 0 Å². The lowest BCUT2D eigenvalue weighted by molar-refractivity contribution is 0.103. The van der Waals surface area contributed by atoms with Gasteiger partial charge in [-0.1, -0.05) is 17.7 Å². The fourth-order valence-corrected chi connectivity index (χ4v) is 1.69. The molecule has 0 unspecified atom stereocenters. The summed E-state index contributed by atoms with van der Waals surface area (Å²) in [6.07, 6.45) is 1.77. The van der Waals surface area contributed by atoms with Crippen molar-refractivity contribution >= 4 is 23.1 Å². The minimum absolute atomic E-state index is 0.145. The molecule has 0 saturated heterocycles. The predicted molar refractivity (Wildman–Crippen MR) is 64.8 cm³/mol. The van der Waals surface area contributed by atoms with Gasteiger partial charge in [-0.2, -0.15) is 0 Å². The summed E-state index contributed by atoms with van der Waals surface area (Å²) >= 11 is 5.86. The van der Waals surface area contributed by atoms with Gasteiger partial charge in [0.15, 0.2) is 0 Å². The van der Waals surface area contributed by atoms with E-state index < -0.39 is 0 Å². The molecule has 0 fully saturated rings. The number of nitrogens with two attached hydrogens (primary N) is 1. The molecule has 2 rings (SSSR count). The highest BCUT2D eigenvalue weighted by molar-refractivity contribution is 6.34. The third-order valence-electron chi connectivity index (χ3n) is 2.37. The first kappa shape index (κ1) is 10.8. The van der Waals surface area contributed by atoms with E-state index in [2.05, 4.69) is 4.98 Å². The normalized spacial score (nSPS) is 10.4. The highest BCUT2D eigenvalue weighted by Crippen LogP contribution is 2.24. The van der Waals surface area contributed by atoms with Crippen LogP contribution in [0.4, 0.5) is 5.69 Å². The Morgan fingerprint density at radius 1 is 1.44 bits per heavy atom. The molecule has 0 atom stereocenters. The number of hydrogen-bond donors (Lipinski definition) is 2. The second kappa shape index (κ2) is 4.02. The van der Waals surface area contributed by atoms with Gasteiger partial charge in [-0.15, -0.1) is 0 Å². The molecule has 0 amide bonds. The molecule has 2 aromatic rings. The largest absolute Gasteiger partial charge is 0.397 e. The summed E-state index contributed by atoms with van der Waals surface area (Å²) < 4.78 is 0. The van der Waals surface area contributed by atoms with E-state index in [1.807, 2.05) is 6.92 Å². The summed E-state index contributed by atoms with van der Waals surface area (Å²) in [7, 11) is 0. The van der Waals surface area contributed by atoms with Gasteiger partial charge >= 0.3 is 0 Å². The van der Waals surface area contributed by atoms with Crippen molar-refractivity contribution in [1.82, 2.24) is 4.98 Å². The highest BCUT2D eigenvalue weighted by Gasteiger charge is 2.14. The maximum absolute atomic E-state index is 12.1. The lowest BCUT2D eigenvalue weighted by atomic mass is 10.1. The molecule has 0 radical (unpaired) electrons. The van der Waals surface area contributed by atoms with Gasteiger partial charge in [0.2, 0.25) is 5.78 Å². The van der Waals surface area contributed by atoms with Crippen LogP contribution in [0.1, 0.15) is 21.6 Å². The van der Waals surface area contributed by atoms with E-state index in [1.54, 1.807) is 30.5 Å². The molecule has 1 aromatic heterocycles. The first-order valence-corrected chi connectivity index (χ1v) is 5.21. The number of para-hydroxylation sites is 1. The zero-order valence-corrected chi connectivity index (χ0v) is 9.51. The molecule has 1 aromatic carbocycles. The number of nitrogen functional groups attached to an aromatic ring is 1. The van der Waals surface area contributed by atoms with Gasteiger partial charge in [-0.05, 0) is 30.7 Å². The number of carbonyl (C=O) groups is 1. The van der Waals surface area contributed by atoms with E-state index in [1.165, 1.54) is 0 Å². The van der Waals surface area contributed by atoms with E-state index >= 15 is 0 Å². The lowest BCUT2D eigenvalue weighted by Gasteiger charge is -2.04. The number of aromatic nitrogens is 1. The summed E-state index contributed by atoms with van der Waals surface area (Å²) in [5.41, 5.74) is 8.03. The quantitative estimate of drug-likeness (QED) is 0.620. The SMILES string of the molecule is Cc1c[nH]c(C(=O)c2cccc(Cl)c2N)c1. The highest BCUT2D eigenvalue weighted by atomic mass is 35.5. The number of ketones is 1. The Hall–Kier alpha value is -1.74. The number of anilines is 1. The van der Waals surface area contributed by atoms with Crippen molar-refractivity contribution in [2.45, 2.75) is 6.92 Å². The number of carbonyl (C=O) groups excluding carboxylic acids is 1. The topological polar surface area (TPSA) is 58.9 Å². The minimum Gasteiger partial charge on any atom is -0.397 e. The molecule has 0 aliphatic carbocycles. The molecule has 0 saturated carbocycles. The van der Waals surface area contributed by atoms with Gasteiger partial charge in [0, 0.05) is 11.8 Å². The maximum Gasteiger partial charge on any atom is 0.211 e. The van der Waals surface area contributed by atoms with Crippen LogP contribution in [-0.4, -0.2) is 10.8 Å².